The number of anilines is 1. The third kappa shape index (κ3) is 11.7. The number of benzene rings is 2. The molecule has 2 aromatic carbocycles. The molecular formula is C30H46N9O3+. The van der Waals surface area contributed by atoms with Crippen molar-refractivity contribution >= 4 is 29.1 Å². The molecule has 0 unspecified atom stereocenters. The summed E-state index contributed by atoms with van der Waals surface area (Å²) in [6, 6.07) is 11.4. The number of carbonyl (C=O) groups is 1. The number of hydroxylamine groups is 1. The van der Waals surface area contributed by atoms with Crippen LogP contribution in [-0.2, 0) is 12.8 Å². The molecule has 228 valence electrons. The van der Waals surface area contributed by atoms with Gasteiger partial charge in [0.1, 0.15) is 11.2 Å². The molecule has 0 atom stereocenters. The SMILES string of the molecule is C=C(C)N.CCN(N)O.CNCC[N+](N)=O.N=Cc1c(N)ccc2nc(-c3ccc(C=O)cc3)c3c(c12)CCCCC3. The van der Waals surface area contributed by atoms with Gasteiger partial charge in [-0.3, -0.25) is 10.0 Å². The molecular weight excluding hydrogens is 534 g/mol. The third-order valence-corrected chi connectivity index (χ3v) is 6.17. The van der Waals surface area contributed by atoms with Crippen LogP contribution >= 0.6 is 0 Å². The number of carbonyl (C=O) groups excluding carboxylic acids is 1. The lowest BCUT2D eigenvalue weighted by Gasteiger charge is -2.17. The van der Waals surface area contributed by atoms with Crippen molar-refractivity contribution < 1.29 is 14.9 Å². The quantitative estimate of drug-likeness (QED) is 0.0411. The maximum atomic E-state index is 11.0. The van der Waals surface area contributed by atoms with Gasteiger partial charge in [-0.05, 0) is 75.5 Å². The van der Waals surface area contributed by atoms with Gasteiger partial charge in [0, 0.05) is 40.5 Å². The lowest BCUT2D eigenvalue weighted by atomic mass is 9.91. The van der Waals surface area contributed by atoms with Gasteiger partial charge in [0.2, 0.25) is 6.54 Å². The first kappa shape index (κ1) is 35.8. The number of nitrogens with one attached hydrogen (secondary N) is 2. The summed E-state index contributed by atoms with van der Waals surface area (Å²) in [5, 5.41) is 20.2. The predicted molar refractivity (Wildman–Crippen MR) is 170 cm³/mol. The van der Waals surface area contributed by atoms with E-state index in [-0.39, 0.29) is 0 Å². The lowest BCUT2D eigenvalue weighted by Crippen LogP contribution is -2.25. The average Bonchev–Trinajstić information content (AvgIpc) is 3.22. The summed E-state index contributed by atoms with van der Waals surface area (Å²) in [4.78, 5) is 26.2. The van der Waals surface area contributed by atoms with Crippen LogP contribution in [0.25, 0.3) is 22.2 Å². The van der Waals surface area contributed by atoms with Crippen LogP contribution in [0.4, 0.5) is 5.69 Å². The zero-order valence-corrected chi connectivity index (χ0v) is 24.9. The Labute approximate surface area is 247 Å². The third-order valence-electron chi connectivity index (χ3n) is 6.17. The number of aryl methyl sites for hydroxylation is 1. The summed E-state index contributed by atoms with van der Waals surface area (Å²) in [5.41, 5.74) is 19.2. The molecule has 1 aliphatic rings. The number of pyridine rings is 1. The van der Waals surface area contributed by atoms with Gasteiger partial charge in [-0.1, -0.05) is 37.3 Å². The van der Waals surface area contributed by atoms with Crippen LogP contribution in [-0.4, -0.2) is 59.4 Å². The van der Waals surface area contributed by atoms with Crippen LogP contribution in [0.1, 0.15) is 60.2 Å². The highest BCUT2D eigenvalue weighted by Gasteiger charge is 2.20. The fourth-order valence-corrected chi connectivity index (χ4v) is 4.18. The van der Waals surface area contributed by atoms with Crippen molar-refractivity contribution in [2.24, 2.45) is 17.4 Å². The maximum Gasteiger partial charge on any atom is 0.237 e. The van der Waals surface area contributed by atoms with E-state index in [0.29, 0.717) is 46.6 Å². The van der Waals surface area contributed by atoms with Crippen molar-refractivity contribution in [2.75, 3.05) is 32.4 Å². The van der Waals surface area contributed by atoms with Gasteiger partial charge in [0.25, 0.3) is 0 Å². The Hall–Kier alpha value is -4.23. The number of hydrogen-bond acceptors (Lipinski definition) is 10. The first-order valence-corrected chi connectivity index (χ1v) is 13.8. The minimum absolute atomic E-state index is 0.344. The molecule has 1 aromatic heterocycles. The highest BCUT2D eigenvalue weighted by molar-refractivity contribution is 6.05. The van der Waals surface area contributed by atoms with Crippen LogP contribution in [0, 0.1) is 10.3 Å². The molecule has 1 heterocycles. The zero-order valence-electron chi connectivity index (χ0n) is 24.9. The number of aldehydes is 1. The van der Waals surface area contributed by atoms with Crippen molar-refractivity contribution in [3.63, 3.8) is 0 Å². The topological polar surface area (TPSA) is 213 Å². The minimum atomic E-state index is 0.344. The lowest BCUT2D eigenvalue weighted by molar-refractivity contribution is -0.558. The Bertz CT molecular complexity index is 1320. The molecule has 0 aliphatic heterocycles. The van der Waals surface area contributed by atoms with E-state index in [9.17, 15) is 9.70 Å². The summed E-state index contributed by atoms with van der Waals surface area (Å²) >= 11 is 0. The van der Waals surface area contributed by atoms with E-state index in [4.69, 9.17) is 32.9 Å². The summed E-state index contributed by atoms with van der Waals surface area (Å²) in [7, 11) is 1.77. The number of nitroso groups, excluding NO2 is 1. The van der Waals surface area contributed by atoms with Gasteiger partial charge < -0.3 is 22.2 Å². The number of likely N-dealkylation sites (N-methyl/N-ethyl adjacent to an activating group) is 1. The molecule has 0 amide bonds. The standard InChI is InChI=1S/C22H21N3O.C3H10N3O.C3H7N.C2H8N2O/c23-12-18-19(24)10-11-20-21(18)16-4-2-1-3-5-17(16)22(25-20)15-8-6-14(13-26)7-9-15;1-5-2-3-6(4)7;1-3(2)4;1-2-4(3)5/h6-13,23H,1-5,24H2;5H,2-3H2,1H3,(H2,4,7);1,4H2,2H3;5H,2-3H2,1H3/q;+1;;. The molecule has 0 saturated carbocycles. The Balaban J connectivity index is 0.000000456. The van der Waals surface area contributed by atoms with Crippen LogP contribution in [0.15, 0.2) is 48.7 Å². The smallest absolute Gasteiger partial charge is 0.237 e. The number of hydrazine groups is 2. The van der Waals surface area contributed by atoms with Crippen molar-refractivity contribution in [1.82, 2.24) is 15.5 Å². The monoisotopic (exact) mass is 580 g/mol. The number of hydrogen-bond donors (Lipinski definition) is 7. The van der Waals surface area contributed by atoms with Gasteiger partial charge in [-0.2, -0.15) is 5.84 Å². The maximum absolute atomic E-state index is 11.0. The summed E-state index contributed by atoms with van der Waals surface area (Å²) < 4.78 is 0. The fraction of sp³-hybridized carbons (Fsp3) is 0.367. The molecule has 11 N–H and O–H groups in total. The molecule has 12 heteroatoms. The Morgan fingerprint density at radius 1 is 1.17 bits per heavy atom. The van der Waals surface area contributed by atoms with Crippen LogP contribution in [0.5, 0.6) is 0 Å². The zero-order chi connectivity index (χ0) is 31.7. The number of nitrogens with two attached hydrogens (primary N) is 4. The molecule has 0 saturated heterocycles. The number of allylic oxidation sites excluding steroid dienone is 1. The predicted octanol–water partition coefficient (Wildman–Crippen LogP) is 3.47. The Morgan fingerprint density at radius 2 is 1.74 bits per heavy atom. The fourth-order valence-electron chi connectivity index (χ4n) is 4.18. The molecule has 0 spiro atoms. The van der Waals surface area contributed by atoms with Crippen molar-refractivity contribution in [3.05, 3.63) is 75.8 Å². The second kappa shape index (κ2) is 19.0. The van der Waals surface area contributed by atoms with E-state index < -0.39 is 0 Å². The largest absolute Gasteiger partial charge is 0.403 e. The van der Waals surface area contributed by atoms with Gasteiger partial charge in [-0.25, -0.2) is 10.8 Å². The highest BCUT2D eigenvalue weighted by atomic mass is 16.5. The van der Waals surface area contributed by atoms with E-state index in [2.05, 4.69) is 17.7 Å². The van der Waals surface area contributed by atoms with Gasteiger partial charge in [-0.15, -0.1) is 5.17 Å². The number of aromatic nitrogens is 1. The number of rotatable bonds is 7. The van der Waals surface area contributed by atoms with Crippen LogP contribution in [0.3, 0.4) is 0 Å². The van der Waals surface area contributed by atoms with E-state index in [0.717, 1.165) is 59.7 Å². The number of nitrogens with zero attached hydrogens (tertiary/aromatic N) is 3. The van der Waals surface area contributed by atoms with Crippen molar-refractivity contribution in [3.8, 4) is 11.3 Å². The molecule has 0 radical (unpaired) electrons. The minimum Gasteiger partial charge on any atom is -0.403 e. The summed E-state index contributed by atoms with van der Waals surface area (Å²) in [6.45, 7) is 8.29. The molecule has 3 aromatic rings. The van der Waals surface area contributed by atoms with Crippen molar-refractivity contribution in [1.29, 1.82) is 5.41 Å². The normalized spacial score (nSPS) is 11.8. The van der Waals surface area contributed by atoms with E-state index in [1.165, 1.54) is 23.8 Å². The second-order valence-electron chi connectivity index (χ2n) is 9.67. The molecule has 0 bridgehead atoms. The van der Waals surface area contributed by atoms with E-state index in [1.807, 2.05) is 36.4 Å². The molecule has 0 fully saturated rings. The number of nitrogen functional groups attached to an aromatic ring is 1. The summed E-state index contributed by atoms with van der Waals surface area (Å²) in [6.07, 6.45) is 7.65. The first-order chi connectivity index (χ1) is 20.0. The van der Waals surface area contributed by atoms with Gasteiger partial charge in [0.15, 0.2) is 0 Å². The van der Waals surface area contributed by atoms with Gasteiger partial charge in [0.05, 0.1) is 22.7 Å². The molecule has 42 heavy (non-hydrogen) atoms. The molecule has 12 nitrogen and oxygen atoms in total. The summed E-state index contributed by atoms with van der Waals surface area (Å²) in [5.74, 6) is 9.40. The Morgan fingerprint density at radius 3 is 2.19 bits per heavy atom. The number of fused-ring (bicyclic) bond motifs is 3. The van der Waals surface area contributed by atoms with Crippen molar-refractivity contribution in [2.45, 2.75) is 46.0 Å². The molecule has 1 aliphatic carbocycles. The van der Waals surface area contributed by atoms with Crippen LogP contribution < -0.4 is 28.5 Å². The van der Waals surface area contributed by atoms with E-state index in [1.54, 1.807) is 20.9 Å². The van der Waals surface area contributed by atoms with Crippen LogP contribution in [0.2, 0.25) is 0 Å². The Kier molecular flexibility index (Phi) is 16.2. The average molecular weight is 581 g/mol. The van der Waals surface area contributed by atoms with Gasteiger partial charge >= 0.3 is 0 Å². The van der Waals surface area contributed by atoms with E-state index >= 15 is 0 Å². The first-order valence-electron chi connectivity index (χ1n) is 13.8. The second-order valence-corrected chi connectivity index (χ2v) is 9.67. The molecule has 4 rings (SSSR count). The highest BCUT2D eigenvalue weighted by Crippen LogP contribution is 2.36.